The molecule has 142 valence electrons. The number of aromatic nitrogens is 3. The number of nitrogens with zero attached hydrogens (tertiary/aromatic N) is 4. The van der Waals surface area contributed by atoms with Gasteiger partial charge in [0.05, 0.1) is 16.7 Å². The predicted molar refractivity (Wildman–Crippen MR) is 106 cm³/mol. The third-order valence-electron chi connectivity index (χ3n) is 4.35. The standard InChI is InChI=1S/C19H17N5O3S/c1-12-6-7-15(21-10-12)24-17(26)13-4-2-3-5-14(13)22-19(24)28-11-16(25)23-9-8-20-18(23)27/h2-7,10H,8-9,11H2,1H3,(H,20,27). The van der Waals surface area contributed by atoms with Gasteiger partial charge in [-0.05, 0) is 30.7 Å². The summed E-state index contributed by atoms with van der Waals surface area (Å²) in [5.74, 6) is 0.0953. The molecule has 0 radical (unpaired) electrons. The van der Waals surface area contributed by atoms with Crippen molar-refractivity contribution < 1.29 is 9.59 Å². The lowest BCUT2D eigenvalue weighted by atomic mass is 10.2. The van der Waals surface area contributed by atoms with Gasteiger partial charge in [-0.1, -0.05) is 30.0 Å². The van der Waals surface area contributed by atoms with Crippen LogP contribution in [0.2, 0.25) is 0 Å². The van der Waals surface area contributed by atoms with Crippen molar-refractivity contribution in [1.82, 2.24) is 24.8 Å². The normalized spacial score (nSPS) is 13.8. The lowest BCUT2D eigenvalue weighted by Gasteiger charge is -2.14. The number of rotatable bonds is 4. The number of thioether (sulfide) groups is 1. The van der Waals surface area contributed by atoms with Gasteiger partial charge in [-0.2, -0.15) is 0 Å². The number of urea groups is 1. The molecule has 1 aliphatic rings. The minimum Gasteiger partial charge on any atom is -0.336 e. The van der Waals surface area contributed by atoms with Crippen LogP contribution in [0.1, 0.15) is 5.56 Å². The summed E-state index contributed by atoms with van der Waals surface area (Å²) in [5, 5.41) is 3.43. The summed E-state index contributed by atoms with van der Waals surface area (Å²) >= 11 is 1.11. The molecule has 1 aromatic carbocycles. The van der Waals surface area contributed by atoms with Gasteiger partial charge in [0.1, 0.15) is 5.82 Å². The Bertz CT molecular complexity index is 1130. The first-order valence-electron chi connectivity index (χ1n) is 8.70. The maximum atomic E-state index is 13.1. The fourth-order valence-corrected chi connectivity index (χ4v) is 3.79. The van der Waals surface area contributed by atoms with Gasteiger partial charge in [-0.15, -0.1) is 0 Å². The SMILES string of the molecule is Cc1ccc(-n2c(SCC(=O)N3CCNC3=O)nc3ccccc3c2=O)nc1. The number of nitrogens with one attached hydrogen (secondary N) is 1. The van der Waals surface area contributed by atoms with Gasteiger partial charge < -0.3 is 5.32 Å². The average molecular weight is 395 g/mol. The molecule has 0 atom stereocenters. The zero-order valence-corrected chi connectivity index (χ0v) is 15.9. The minimum atomic E-state index is -0.394. The van der Waals surface area contributed by atoms with Crippen LogP contribution < -0.4 is 10.9 Å². The monoisotopic (exact) mass is 395 g/mol. The van der Waals surface area contributed by atoms with E-state index in [-0.39, 0.29) is 17.2 Å². The number of benzene rings is 1. The number of para-hydroxylation sites is 1. The third kappa shape index (κ3) is 3.36. The zero-order chi connectivity index (χ0) is 19.7. The molecule has 1 aliphatic heterocycles. The number of aryl methyl sites for hydroxylation is 1. The van der Waals surface area contributed by atoms with Gasteiger partial charge in [-0.3, -0.25) is 14.5 Å². The summed E-state index contributed by atoms with van der Waals surface area (Å²) in [5.41, 5.74) is 1.26. The topological polar surface area (TPSA) is 97.2 Å². The Kier molecular flexibility index (Phi) is 4.82. The van der Waals surface area contributed by atoms with Crippen molar-refractivity contribution >= 4 is 34.6 Å². The van der Waals surface area contributed by atoms with Crippen LogP contribution in [0.25, 0.3) is 16.7 Å². The maximum Gasteiger partial charge on any atom is 0.324 e. The summed E-state index contributed by atoms with van der Waals surface area (Å²) in [4.78, 5) is 47.2. The lowest BCUT2D eigenvalue weighted by Crippen LogP contribution is -2.35. The number of hydrogen-bond acceptors (Lipinski definition) is 6. The molecule has 3 amide bonds. The molecule has 2 aromatic heterocycles. The summed E-state index contributed by atoms with van der Waals surface area (Å²) in [6, 6.07) is 10.3. The smallest absolute Gasteiger partial charge is 0.324 e. The number of carbonyl (C=O) groups excluding carboxylic acids is 2. The molecular weight excluding hydrogens is 378 g/mol. The molecule has 1 N–H and O–H groups in total. The Balaban J connectivity index is 1.74. The van der Waals surface area contributed by atoms with Crippen LogP contribution in [0.5, 0.6) is 0 Å². The van der Waals surface area contributed by atoms with E-state index in [0.29, 0.717) is 35.0 Å². The predicted octanol–water partition coefficient (Wildman–Crippen LogP) is 1.73. The van der Waals surface area contributed by atoms with E-state index in [0.717, 1.165) is 17.3 Å². The van der Waals surface area contributed by atoms with E-state index in [4.69, 9.17) is 0 Å². The van der Waals surface area contributed by atoms with Crippen LogP contribution in [0.3, 0.4) is 0 Å². The maximum absolute atomic E-state index is 13.1. The van der Waals surface area contributed by atoms with E-state index in [1.54, 1.807) is 36.5 Å². The van der Waals surface area contributed by atoms with Gasteiger partial charge in [-0.25, -0.2) is 19.3 Å². The van der Waals surface area contributed by atoms with Crippen LogP contribution in [0.15, 0.2) is 52.5 Å². The fraction of sp³-hybridized carbons (Fsp3) is 0.211. The van der Waals surface area contributed by atoms with Gasteiger partial charge in [0.25, 0.3) is 5.56 Å². The quantitative estimate of drug-likeness (QED) is 0.534. The third-order valence-corrected chi connectivity index (χ3v) is 5.28. The highest BCUT2D eigenvalue weighted by atomic mass is 32.2. The second-order valence-corrected chi connectivity index (χ2v) is 7.25. The van der Waals surface area contributed by atoms with Crippen molar-refractivity contribution in [1.29, 1.82) is 0 Å². The van der Waals surface area contributed by atoms with E-state index in [9.17, 15) is 14.4 Å². The Labute approximate surface area is 164 Å². The zero-order valence-electron chi connectivity index (χ0n) is 15.1. The van der Waals surface area contributed by atoms with Crippen LogP contribution in [-0.4, -0.2) is 50.2 Å². The highest BCUT2D eigenvalue weighted by Crippen LogP contribution is 2.21. The highest BCUT2D eigenvalue weighted by molar-refractivity contribution is 7.99. The van der Waals surface area contributed by atoms with Crippen LogP contribution in [0, 0.1) is 6.92 Å². The second-order valence-electron chi connectivity index (χ2n) is 6.31. The number of carbonyl (C=O) groups is 2. The second kappa shape index (κ2) is 7.43. The molecule has 4 rings (SSSR count). The van der Waals surface area contributed by atoms with Crippen molar-refractivity contribution in [3.63, 3.8) is 0 Å². The molecular formula is C19H17N5O3S. The Hall–Kier alpha value is -3.20. The Morgan fingerprint density at radius 3 is 2.75 bits per heavy atom. The van der Waals surface area contributed by atoms with Gasteiger partial charge in [0.15, 0.2) is 5.16 Å². The summed E-state index contributed by atoms with van der Waals surface area (Å²) in [7, 11) is 0. The van der Waals surface area contributed by atoms with E-state index < -0.39 is 6.03 Å². The molecule has 9 heteroatoms. The largest absolute Gasteiger partial charge is 0.336 e. The Morgan fingerprint density at radius 1 is 1.21 bits per heavy atom. The molecule has 0 bridgehead atoms. The first-order valence-corrected chi connectivity index (χ1v) is 9.69. The average Bonchev–Trinajstić information content (AvgIpc) is 3.13. The molecule has 3 heterocycles. The molecule has 3 aromatic rings. The number of fused-ring (bicyclic) bond motifs is 1. The summed E-state index contributed by atoms with van der Waals surface area (Å²) < 4.78 is 1.41. The number of hydrogen-bond donors (Lipinski definition) is 1. The molecule has 8 nitrogen and oxygen atoms in total. The van der Waals surface area contributed by atoms with E-state index in [1.807, 2.05) is 13.0 Å². The molecule has 0 unspecified atom stereocenters. The van der Waals surface area contributed by atoms with Crippen LogP contribution >= 0.6 is 11.8 Å². The molecule has 0 saturated carbocycles. The molecule has 28 heavy (non-hydrogen) atoms. The Morgan fingerprint density at radius 2 is 2.04 bits per heavy atom. The van der Waals surface area contributed by atoms with Gasteiger partial charge >= 0.3 is 6.03 Å². The fourth-order valence-electron chi connectivity index (χ4n) is 2.92. The van der Waals surface area contributed by atoms with Gasteiger partial charge in [0.2, 0.25) is 5.91 Å². The van der Waals surface area contributed by atoms with Crippen molar-refractivity contribution in [3.05, 3.63) is 58.5 Å². The van der Waals surface area contributed by atoms with Crippen LogP contribution in [-0.2, 0) is 4.79 Å². The van der Waals surface area contributed by atoms with E-state index in [2.05, 4.69) is 15.3 Å². The number of imide groups is 1. The molecule has 1 fully saturated rings. The summed E-state index contributed by atoms with van der Waals surface area (Å²) in [6.07, 6.45) is 1.67. The molecule has 0 spiro atoms. The van der Waals surface area contributed by atoms with Gasteiger partial charge in [0, 0.05) is 19.3 Å². The lowest BCUT2D eigenvalue weighted by molar-refractivity contribution is -0.124. The molecule has 0 aliphatic carbocycles. The minimum absolute atomic E-state index is 0.00986. The number of amides is 3. The van der Waals surface area contributed by atoms with E-state index in [1.165, 1.54) is 9.47 Å². The first kappa shape index (κ1) is 18.2. The van der Waals surface area contributed by atoms with Crippen molar-refractivity contribution in [2.75, 3.05) is 18.8 Å². The van der Waals surface area contributed by atoms with E-state index >= 15 is 0 Å². The number of pyridine rings is 1. The van der Waals surface area contributed by atoms with Crippen molar-refractivity contribution in [3.8, 4) is 5.82 Å². The first-order chi connectivity index (χ1) is 13.5. The van der Waals surface area contributed by atoms with Crippen molar-refractivity contribution in [2.24, 2.45) is 0 Å². The van der Waals surface area contributed by atoms with Crippen molar-refractivity contribution in [2.45, 2.75) is 12.1 Å². The van der Waals surface area contributed by atoms with Crippen LogP contribution in [0.4, 0.5) is 4.79 Å². The summed E-state index contributed by atoms with van der Waals surface area (Å²) in [6.45, 7) is 2.70. The highest BCUT2D eigenvalue weighted by Gasteiger charge is 2.26. The molecule has 1 saturated heterocycles.